The van der Waals surface area contributed by atoms with Gasteiger partial charge in [-0.25, -0.2) is 14.4 Å². The molecule has 0 atom stereocenters. The second-order valence-corrected chi connectivity index (χ2v) is 9.19. The Hall–Kier alpha value is -5.77. The Morgan fingerprint density at radius 2 is 1.20 bits per heavy atom. The predicted molar refractivity (Wildman–Crippen MR) is 160 cm³/mol. The molecular weight excluding hydrogens is 568 g/mol. The van der Waals surface area contributed by atoms with Gasteiger partial charge in [-0.15, -0.1) is 0 Å². The summed E-state index contributed by atoms with van der Waals surface area (Å²) in [6.45, 7) is 13.4. The van der Waals surface area contributed by atoms with Crippen LogP contribution in [-0.2, 0) is 30.4 Å². The van der Waals surface area contributed by atoms with Gasteiger partial charge < -0.3 is 23.7 Å². The SMILES string of the molecule is C=CC(=O)Oc1ccc(CCC(=O)Oc2ccc(-c3ccc(OC(=O)C(=C)C)cc3)cc2OC(=O)CC)cc1OC(=O)C=C. The van der Waals surface area contributed by atoms with Gasteiger partial charge in [0.25, 0.3) is 0 Å². The lowest BCUT2D eigenvalue weighted by atomic mass is 10.0. The highest BCUT2D eigenvalue weighted by Gasteiger charge is 2.17. The van der Waals surface area contributed by atoms with Crippen molar-refractivity contribution in [1.82, 2.24) is 0 Å². The van der Waals surface area contributed by atoms with Crippen LogP contribution in [0.1, 0.15) is 32.3 Å². The first-order chi connectivity index (χ1) is 21.0. The summed E-state index contributed by atoms with van der Waals surface area (Å²) in [7, 11) is 0. The minimum Gasteiger partial charge on any atom is -0.423 e. The minimum absolute atomic E-state index is 0.0126. The maximum absolute atomic E-state index is 12.8. The van der Waals surface area contributed by atoms with Crippen LogP contribution in [0.25, 0.3) is 11.1 Å². The zero-order chi connectivity index (χ0) is 32.2. The van der Waals surface area contributed by atoms with Crippen LogP contribution in [0.4, 0.5) is 0 Å². The zero-order valence-electron chi connectivity index (χ0n) is 24.3. The molecule has 0 heterocycles. The molecule has 3 rings (SSSR count). The molecule has 44 heavy (non-hydrogen) atoms. The van der Waals surface area contributed by atoms with Gasteiger partial charge in [-0.2, -0.15) is 0 Å². The third-order valence-corrected chi connectivity index (χ3v) is 5.81. The Labute approximate surface area is 254 Å². The van der Waals surface area contributed by atoms with Crippen molar-refractivity contribution in [2.45, 2.75) is 33.1 Å². The number of carbonyl (C=O) groups is 5. The van der Waals surface area contributed by atoms with Gasteiger partial charge in [0.2, 0.25) is 0 Å². The highest BCUT2D eigenvalue weighted by molar-refractivity contribution is 5.89. The molecule has 0 unspecified atom stereocenters. The molecule has 0 aliphatic heterocycles. The van der Waals surface area contributed by atoms with Gasteiger partial charge in [-0.1, -0.05) is 50.9 Å². The quantitative estimate of drug-likeness (QED) is 0.134. The molecule has 0 aliphatic rings. The van der Waals surface area contributed by atoms with Gasteiger partial charge in [0.15, 0.2) is 23.0 Å². The van der Waals surface area contributed by atoms with E-state index in [2.05, 4.69) is 19.7 Å². The largest absolute Gasteiger partial charge is 0.423 e. The van der Waals surface area contributed by atoms with Crippen LogP contribution < -0.4 is 23.7 Å². The number of ether oxygens (including phenoxy) is 5. The Morgan fingerprint density at radius 1 is 0.659 bits per heavy atom. The molecule has 0 spiro atoms. The maximum Gasteiger partial charge on any atom is 0.338 e. The fourth-order valence-corrected chi connectivity index (χ4v) is 3.55. The lowest BCUT2D eigenvalue weighted by molar-refractivity contribution is -0.137. The highest BCUT2D eigenvalue weighted by atomic mass is 16.6. The monoisotopic (exact) mass is 598 g/mol. The summed E-state index contributed by atoms with van der Waals surface area (Å²) in [5.74, 6) is -2.83. The molecule has 10 heteroatoms. The van der Waals surface area contributed by atoms with Gasteiger partial charge >= 0.3 is 29.8 Å². The lowest BCUT2D eigenvalue weighted by Gasteiger charge is -2.13. The van der Waals surface area contributed by atoms with E-state index in [0.29, 0.717) is 16.9 Å². The Bertz CT molecular complexity index is 1620. The summed E-state index contributed by atoms with van der Waals surface area (Å²) in [4.78, 5) is 60.1. The first kappa shape index (κ1) is 32.7. The van der Waals surface area contributed by atoms with E-state index in [0.717, 1.165) is 17.7 Å². The fourth-order valence-electron chi connectivity index (χ4n) is 3.55. The van der Waals surface area contributed by atoms with Crippen molar-refractivity contribution in [3.05, 3.63) is 104 Å². The molecule has 0 radical (unpaired) electrons. The molecule has 0 aliphatic carbocycles. The second-order valence-electron chi connectivity index (χ2n) is 9.19. The van der Waals surface area contributed by atoms with Gasteiger partial charge in [-0.05, 0) is 66.4 Å². The number of carbonyl (C=O) groups excluding carboxylic acids is 5. The molecule has 3 aromatic carbocycles. The number of hydrogen-bond donors (Lipinski definition) is 0. The van der Waals surface area contributed by atoms with Crippen LogP contribution in [0.5, 0.6) is 28.7 Å². The second kappa shape index (κ2) is 15.5. The Morgan fingerprint density at radius 3 is 1.82 bits per heavy atom. The summed E-state index contributed by atoms with van der Waals surface area (Å²) in [5, 5.41) is 0. The third-order valence-electron chi connectivity index (χ3n) is 5.81. The van der Waals surface area contributed by atoms with Crippen molar-refractivity contribution in [3.63, 3.8) is 0 Å². The van der Waals surface area contributed by atoms with E-state index < -0.39 is 29.8 Å². The molecule has 10 nitrogen and oxygen atoms in total. The Kier molecular flexibility index (Phi) is 11.5. The third kappa shape index (κ3) is 9.38. The summed E-state index contributed by atoms with van der Waals surface area (Å²) in [5.41, 5.74) is 2.23. The predicted octanol–water partition coefficient (Wildman–Crippen LogP) is 5.87. The van der Waals surface area contributed by atoms with Crippen LogP contribution >= 0.6 is 0 Å². The molecule has 0 saturated heterocycles. The maximum atomic E-state index is 12.8. The van der Waals surface area contributed by atoms with E-state index in [1.54, 1.807) is 56.3 Å². The van der Waals surface area contributed by atoms with Crippen molar-refractivity contribution < 1.29 is 47.7 Å². The standard InChI is InChI=1S/C34H30O10/c1-6-30(35)41-26-16-9-22(19-28(26)43-31(36)7-2)10-18-33(38)42-27-17-13-24(20-29(27)44-32(37)8-3)23-11-14-25(15-12-23)40-34(39)21(4)5/h6-7,9,11-17,19-20H,1-2,4,8,10,18H2,3,5H3. The van der Waals surface area contributed by atoms with E-state index in [9.17, 15) is 24.0 Å². The summed E-state index contributed by atoms with van der Waals surface area (Å²) >= 11 is 0. The molecule has 0 N–H and O–H groups in total. The van der Waals surface area contributed by atoms with Crippen molar-refractivity contribution >= 4 is 29.8 Å². The molecule has 0 aromatic heterocycles. The molecule has 0 amide bonds. The average molecular weight is 599 g/mol. The lowest BCUT2D eigenvalue weighted by Crippen LogP contribution is -2.12. The number of benzene rings is 3. The summed E-state index contributed by atoms with van der Waals surface area (Å²) < 4.78 is 26.5. The van der Waals surface area contributed by atoms with Crippen LogP contribution in [0.2, 0.25) is 0 Å². The van der Waals surface area contributed by atoms with Gasteiger partial charge in [0, 0.05) is 30.6 Å². The number of rotatable bonds is 13. The molecule has 0 saturated carbocycles. The van der Waals surface area contributed by atoms with Gasteiger partial charge in [0.1, 0.15) is 5.75 Å². The van der Waals surface area contributed by atoms with Gasteiger partial charge in [0.05, 0.1) is 0 Å². The average Bonchev–Trinajstić information content (AvgIpc) is 3.01. The highest BCUT2D eigenvalue weighted by Crippen LogP contribution is 2.34. The van der Waals surface area contributed by atoms with E-state index in [1.165, 1.54) is 18.2 Å². The van der Waals surface area contributed by atoms with E-state index >= 15 is 0 Å². The smallest absolute Gasteiger partial charge is 0.338 e. The zero-order valence-corrected chi connectivity index (χ0v) is 24.3. The molecule has 226 valence electrons. The Balaban J connectivity index is 1.76. The topological polar surface area (TPSA) is 132 Å². The molecular formula is C34H30O10. The number of hydrogen-bond acceptors (Lipinski definition) is 10. The first-order valence-corrected chi connectivity index (χ1v) is 13.4. The number of aryl methyl sites for hydroxylation is 1. The van der Waals surface area contributed by atoms with Crippen LogP contribution in [0.15, 0.2) is 98.1 Å². The summed E-state index contributed by atoms with van der Waals surface area (Å²) in [6.07, 6.45) is 2.10. The number of esters is 5. The first-order valence-electron chi connectivity index (χ1n) is 13.4. The molecule has 3 aromatic rings. The van der Waals surface area contributed by atoms with Crippen molar-refractivity contribution in [3.8, 4) is 39.9 Å². The van der Waals surface area contributed by atoms with Crippen LogP contribution in [-0.4, -0.2) is 29.8 Å². The van der Waals surface area contributed by atoms with Crippen molar-refractivity contribution in [1.29, 1.82) is 0 Å². The van der Waals surface area contributed by atoms with Crippen molar-refractivity contribution in [2.24, 2.45) is 0 Å². The van der Waals surface area contributed by atoms with E-state index in [-0.39, 0.29) is 47.8 Å². The molecule has 0 fully saturated rings. The molecule has 0 bridgehead atoms. The minimum atomic E-state index is -0.766. The van der Waals surface area contributed by atoms with Gasteiger partial charge in [-0.3, -0.25) is 9.59 Å². The fraction of sp³-hybridized carbons (Fsp3) is 0.147. The normalized spacial score (nSPS) is 10.1. The van der Waals surface area contributed by atoms with Crippen LogP contribution in [0, 0.1) is 0 Å². The van der Waals surface area contributed by atoms with Crippen LogP contribution in [0.3, 0.4) is 0 Å². The van der Waals surface area contributed by atoms with E-state index in [1.807, 2.05) is 0 Å². The van der Waals surface area contributed by atoms with Crippen molar-refractivity contribution in [2.75, 3.05) is 0 Å². The summed E-state index contributed by atoms with van der Waals surface area (Å²) in [6, 6.07) is 15.9. The van der Waals surface area contributed by atoms with E-state index in [4.69, 9.17) is 23.7 Å².